The van der Waals surface area contributed by atoms with Crippen LogP contribution in [0.4, 0.5) is 15.2 Å². The number of hydrogen-bond donors (Lipinski definition) is 1. The zero-order valence-electron chi connectivity index (χ0n) is 16.9. The highest BCUT2D eigenvalue weighted by atomic mass is 32.1. The molecule has 1 saturated carbocycles. The molecule has 0 spiro atoms. The number of nitrogens with zero attached hydrogens (tertiary/aromatic N) is 2. The lowest BCUT2D eigenvalue weighted by Crippen LogP contribution is -2.55. The quantitative estimate of drug-likeness (QED) is 0.699. The maximum absolute atomic E-state index is 14.2. The fraction of sp³-hybridized carbons (Fsp3) is 0.429. The normalized spacial score (nSPS) is 15.3. The van der Waals surface area contributed by atoms with Gasteiger partial charge in [0.1, 0.15) is 18.0 Å². The second kappa shape index (κ2) is 9.34. The van der Waals surface area contributed by atoms with Gasteiger partial charge in [-0.2, -0.15) is 0 Å². The third-order valence-electron chi connectivity index (χ3n) is 5.00. The highest BCUT2D eigenvalue weighted by Crippen LogP contribution is 2.32. The Morgan fingerprint density at radius 1 is 1.20 bits per heavy atom. The van der Waals surface area contributed by atoms with E-state index in [1.165, 1.54) is 30.9 Å². The van der Waals surface area contributed by atoms with E-state index in [-0.39, 0.29) is 29.2 Å². The Morgan fingerprint density at radius 3 is 2.53 bits per heavy atom. The van der Waals surface area contributed by atoms with Crippen LogP contribution in [0.5, 0.6) is 0 Å². The first kappa shape index (κ1) is 21.9. The molecule has 0 radical (unpaired) electrons. The molecule has 1 N–H and O–H groups in total. The van der Waals surface area contributed by atoms with Gasteiger partial charge in [-0.15, -0.1) is 11.3 Å². The third kappa shape index (κ3) is 4.84. The summed E-state index contributed by atoms with van der Waals surface area (Å²) in [6.07, 6.45) is 3.78. The second-order valence-corrected chi connectivity index (χ2v) is 8.16. The van der Waals surface area contributed by atoms with Gasteiger partial charge < -0.3 is 10.1 Å². The van der Waals surface area contributed by atoms with Crippen molar-refractivity contribution in [3.05, 3.63) is 41.2 Å². The summed E-state index contributed by atoms with van der Waals surface area (Å²) >= 11 is 1.15. The Kier molecular flexibility index (Phi) is 6.81. The van der Waals surface area contributed by atoms with E-state index in [2.05, 4.69) is 10.3 Å². The second-order valence-electron chi connectivity index (χ2n) is 7.33. The topological polar surface area (TPSA) is 88.6 Å². The average Bonchev–Trinajstić information content (AvgIpc) is 3.16. The lowest BCUT2D eigenvalue weighted by molar-refractivity contribution is -0.156. The van der Waals surface area contributed by atoms with Crippen molar-refractivity contribution >= 4 is 39.9 Å². The molecule has 1 fully saturated rings. The molecule has 2 amide bonds. The molecule has 7 nitrogen and oxygen atoms in total. The molecule has 1 aromatic carbocycles. The van der Waals surface area contributed by atoms with E-state index in [0.717, 1.165) is 30.6 Å². The molecule has 9 heteroatoms. The molecular formula is C21H24FN3O4S. The molecule has 3 rings (SSSR count). The Bertz CT molecular complexity index is 940. The maximum atomic E-state index is 14.2. The van der Waals surface area contributed by atoms with Gasteiger partial charge in [0, 0.05) is 19.2 Å². The van der Waals surface area contributed by atoms with Gasteiger partial charge in [-0.3, -0.25) is 14.5 Å². The first-order valence-electron chi connectivity index (χ1n) is 9.78. The molecule has 0 unspecified atom stereocenters. The summed E-state index contributed by atoms with van der Waals surface area (Å²) in [4.78, 5) is 42.0. The summed E-state index contributed by atoms with van der Waals surface area (Å²) in [5.41, 5.74) is -0.448. The number of aromatic nitrogens is 1. The van der Waals surface area contributed by atoms with Gasteiger partial charge in [-0.05, 0) is 25.0 Å². The average molecular weight is 434 g/mol. The van der Waals surface area contributed by atoms with Crippen molar-refractivity contribution in [1.29, 1.82) is 0 Å². The number of para-hydroxylation sites is 1. The van der Waals surface area contributed by atoms with Crippen LogP contribution in [0.2, 0.25) is 0 Å². The van der Waals surface area contributed by atoms with Gasteiger partial charge >= 0.3 is 5.97 Å². The van der Waals surface area contributed by atoms with Crippen LogP contribution in [0.3, 0.4) is 0 Å². The van der Waals surface area contributed by atoms with Gasteiger partial charge in [-0.1, -0.05) is 31.4 Å². The molecule has 1 aromatic heterocycles. The molecule has 1 aliphatic carbocycles. The monoisotopic (exact) mass is 433 g/mol. The van der Waals surface area contributed by atoms with E-state index in [4.69, 9.17) is 4.74 Å². The summed E-state index contributed by atoms with van der Waals surface area (Å²) in [5, 5.41) is 4.71. The van der Waals surface area contributed by atoms with Crippen LogP contribution in [0.1, 0.15) is 51.6 Å². The molecule has 2 aromatic rings. The van der Waals surface area contributed by atoms with Crippen LogP contribution in [0, 0.1) is 5.82 Å². The van der Waals surface area contributed by atoms with Gasteiger partial charge in [0.15, 0.2) is 5.13 Å². The number of carbonyl (C=O) groups is 3. The van der Waals surface area contributed by atoms with Crippen molar-refractivity contribution in [2.75, 3.05) is 4.90 Å². The van der Waals surface area contributed by atoms with Crippen LogP contribution in [-0.2, 0) is 25.7 Å². The molecular weight excluding hydrogens is 409 g/mol. The molecule has 160 valence electrons. The predicted molar refractivity (Wildman–Crippen MR) is 111 cm³/mol. The molecule has 0 atom stereocenters. The zero-order chi connectivity index (χ0) is 21.7. The summed E-state index contributed by atoms with van der Waals surface area (Å²) in [5.74, 6) is -1.67. The summed E-state index contributed by atoms with van der Waals surface area (Å²) in [6, 6.07) is 5.95. The van der Waals surface area contributed by atoms with Crippen molar-refractivity contribution in [2.24, 2.45) is 0 Å². The van der Waals surface area contributed by atoms with Gasteiger partial charge in [0.05, 0.1) is 11.4 Å². The van der Waals surface area contributed by atoms with Crippen molar-refractivity contribution in [3.63, 3.8) is 0 Å². The third-order valence-corrected chi connectivity index (χ3v) is 5.88. The Morgan fingerprint density at radius 2 is 1.90 bits per heavy atom. The van der Waals surface area contributed by atoms with E-state index in [1.54, 1.807) is 17.5 Å². The lowest BCUT2D eigenvalue weighted by Gasteiger charge is -2.35. The first-order valence-corrected chi connectivity index (χ1v) is 10.7. The highest BCUT2D eigenvalue weighted by molar-refractivity contribution is 7.14. The van der Waals surface area contributed by atoms with E-state index < -0.39 is 17.3 Å². The Labute approximate surface area is 178 Å². The number of ether oxygens (including phenoxy) is 1. The van der Waals surface area contributed by atoms with Crippen LogP contribution in [-0.4, -0.2) is 28.3 Å². The van der Waals surface area contributed by atoms with Crippen molar-refractivity contribution < 1.29 is 23.5 Å². The fourth-order valence-electron chi connectivity index (χ4n) is 3.66. The number of amides is 2. The smallest absolute Gasteiger partial charge is 0.332 e. The Balaban J connectivity index is 1.73. The number of thiazole rings is 1. The minimum atomic E-state index is -0.998. The zero-order valence-corrected chi connectivity index (χ0v) is 17.8. The summed E-state index contributed by atoms with van der Waals surface area (Å²) in [6.45, 7) is 2.61. The number of hydrogen-bond acceptors (Lipinski definition) is 6. The van der Waals surface area contributed by atoms with Crippen molar-refractivity contribution in [1.82, 2.24) is 10.3 Å². The maximum Gasteiger partial charge on any atom is 0.332 e. The number of anilines is 2. The number of nitrogens with one attached hydrogen (secondary N) is 1. The van der Waals surface area contributed by atoms with E-state index in [1.807, 2.05) is 0 Å². The number of rotatable bonds is 6. The summed E-state index contributed by atoms with van der Waals surface area (Å²) < 4.78 is 19.6. The molecule has 0 saturated heterocycles. The minimum Gasteiger partial charge on any atom is -0.457 e. The van der Waals surface area contributed by atoms with Gasteiger partial charge in [0.2, 0.25) is 11.8 Å². The van der Waals surface area contributed by atoms with Crippen LogP contribution in [0.15, 0.2) is 29.6 Å². The molecule has 1 heterocycles. The molecule has 1 aliphatic rings. The minimum absolute atomic E-state index is 0.0975. The predicted octanol–water partition coefficient (Wildman–Crippen LogP) is 3.85. The lowest BCUT2D eigenvalue weighted by atomic mass is 9.81. The van der Waals surface area contributed by atoms with Gasteiger partial charge in [0.25, 0.3) is 0 Å². The van der Waals surface area contributed by atoms with Crippen molar-refractivity contribution in [2.45, 2.75) is 58.1 Å². The van der Waals surface area contributed by atoms with E-state index in [0.29, 0.717) is 18.5 Å². The SMILES string of the molecule is CC(=O)NC1(C(=O)OCc2csc(N(C(C)=O)c3ccccc3F)n2)CCCCC1. The van der Waals surface area contributed by atoms with Crippen molar-refractivity contribution in [3.8, 4) is 0 Å². The highest BCUT2D eigenvalue weighted by Gasteiger charge is 2.41. The number of carbonyl (C=O) groups excluding carboxylic acids is 3. The largest absolute Gasteiger partial charge is 0.457 e. The van der Waals surface area contributed by atoms with E-state index in [9.17, 15) is 18.8 Å². The van der Waals surface area contributed by atoms with Crippen LogP contribution < -0.4 is 10.2 Å². The fourth-order valence-corrected chi connectivity index (χ4v) is 4.52. The van der Waals surface area contributed by atoms with Crippen LogP contribution >= 0.6 is 11.3 Å². The number of halogens is 1. The van der Waals surface area contributed by atoms with E-state index >= 15 is 0 Å². The van der Waals surface area contributed by atoms with Crippen LogP contribution in [0.25, 0.3) is 0 Å². The molecule has 30 heavy (non-hydrogen) atoms. The number of esters is 1. The molecule has 0 bridgehead atoms. The standard InChI is InChI=1S/C21H24FN3O4S/c1-14(26)24-21(10-6-3-7-11-21)19(28)29-12-16-13-30-20(23-16)25(15(2)27)18-9-5-4-8-17(18)22/h4-5,8-9,13H,3,6-7,10-12H2,1-2H3,(H,24,26). The summed E-state index contributed by atoms with van der Waals surface area (Å²) in [7, 11) is 0. The molecule has 0 aliphatic heterocycles. The number of benzene rings is 1. The van der Waals surface area contributed by atoms with Gasteiger partial charge in [-0.25, -0.2) is 14.2 Å². The first-order chi connectivity index (χ1) is 14.3. The Hall–Kier alpha value is -2.81.